The molecule has 14 heavy (non-hydrogen) atoms. The summed E-state index contributed by atoms with van der Waals surface area (Å²) in [4.78, 5) is -0.254. The summed E-state index contributed by atoms with van der Waals surface area (Å²) in [6, 6.07) is 2.33. The standard InChI is InChI=1S/C10H9BrF2O/c11-7-5-14-4-3-6-8(12)1-2-9(13)10(6)7/h1-2,7H,3-5H2. The number of hydrogen-bond acceptors (Lipinski definition) is 1. The second-order valence-electron chi connectivity index (χ2n) is 3.21. The van der Waals surface area contributed by atoms with Gasteiger partial charge in [0.15, 0.2) is 0 Å². The molecule has 0 aliphatic carbocycles. The molecule has 1 atom stereocenters. The van der Waals surface area contributed by atoms with Crippen molar-refractivity contribution in [3.63, 3.8) is 0 Å². The first-order valence-corrected chi connectivity index (χ1v) is 5.30. The van der Waals surface area contributed by atoms with E-state index in [1.807, 2.05) is 0 Å². The highest BCUT2D eigenvalue weighted by Crippen LogP contribution is 2.32. The van der Waals surface area contributed by atoms with Gasteiger partial charge < -0.3 is 4.74 Å². The molecule has 0 fully saturated rings. The largest absolute Gasteiger partial charge is 0.380 e. The van der Waals surface area contributed by atoms with Gasteiger partial charge in [-0.3, -0.25) is 0 Å². The van der Waals surface area contributed by atoms with Crippen LogP contribution in [0, 0.1) is 11.6 Å². The van der Waals surface area contributed by atoms with Crippen molar-refractivity contribution in [2.24, 2.45) is 0 Å². The number of fused-ring (bicyclic) bond motifs is 1. The molecule has 2 rings (SSSR count). The summed E-state index contributed by atoms with van der Waals surface area (Å²) >= 11 is 3.29. The molecule has 1 aromatic carbocycles. The summed E-state index contributed by atoms with van der Waals surface area (Å²) in [5, 5.41) is 0. The molecule has 1 aromatic rings. The fraction of sp³-hybridized carbons (Fsp3) is 0.400. The number of rotatable bonds is 0. The summed E-state index contributed by atoms with van der Waals surface area (Å²) < 4.78 is 32.0. The third-order valence-corrected chi connectivity index (χ3v) is 3.04. The smallest absolute Gasteiger partial charge is 0.128 e. The number of ether oxygens (including phenoxy) is 1. The van der Waals surface area contributed by atoms with Crippen LogP contribution in [0.3, 0.4) is 0 Å². The quantitative estimate of drug-likeness (QED) is 0.654. The van der Waals surface area contributed by atoms with E-state index in [0.717, 1.165) is 6.07 Å². The zero-order valence-electron chi connectivity index (χ0n) is 7.40. The Balaban J connectivity index is 2.57. The maximum absolute atomic E-state index is 13.4. The Morgan fingerprint density at radius 1 is 1.29 bits per heavy atom. The number of hydrogen-bond donors (Lipinski definition) is 0. The molecule has 0 saturated carbocycles. The molecule has 0 radical (unpaired) electrons. The summed E-state index contributed by atoms with van der Waals surface area (Å²) in [5.41, 5.74) is 0.840. The number of benzene rings is 1. The number of halogens is 3. The molecule has 1 unspecified atom stereocenters. The van der Waals surface area contributed by atoms with Crippen LogP contribution in [-0.4, -0.2) is 13.2 Å². The van der Waals surface area contributed by atoms with Crippen molar-refractivity contribution in [2.45, 2.75) is 11.2 Å². The lowest BCUT2D eigenvalue weighted by Crippen LogP contribution is -2.03. The van der Waals surface area contributed by atoms with Crippen LogP contribution in [0.5, 0.6) is 0 Å². The van der Waals surface area contributed by atoms with Gasteiger partial charge in [-0.25, -0.2) is 8.78 Å². The van der Waals surface area contributed by atoms with Crippen molar-refractivity contribution in [2.75, 3.05) is 13.2 Å². The first-order chi connectivity index (χ1) is 6.70. The van der Waals surface area contributed by atoms with Gasteiger partial charge in [-0.2, -0.15) is 0 Å². The highest BCUT2D eigenvalue weighted by atomic mass is 79.9. The van der Waals surface area contributed by atoms with E-state index in [4.69, 9.17) is 4.74 Å². The van der Waals surface area contributed by atoms with Crippen LogP contribution in [0.1, 0.15) is 16.0 Å². The summed E-state index contributed by atoms with van der Waals surface area (Å²) in [7, 11) is 0. The predicted octanol–water partition coefficient (Wildman–Crippen LogP) is 2.97. The van der Waals surface area contributed by atoms with Gasteiger partial charge >= 0.3 is 0 Å². The van der Waals surface area contributed by atoms with Crippen LogP contribution < -0.4 is 0 Å². The van der Waals surface area contributed by atoms with E-state index >= 15 is 0 Å². The molecule has 0 spiro atoms. The fourth-order valence-electron chi connectivity index (χ4n) is 1.65. The summed E-state index contributed by atoms with van der Waals surface area (Å²) in [6.45, 7) is 0.822. The lowest BCUT2D eigenvalue weighted by molar-refractivity contribution is 0.145. The molecule has 1 aliphatic heterocycles. The summed E-state index contributed by atoms with van der Waals surface area (Å²) in [6.07, 6.45) is 0.432. The SMILES string of the molecule is Fc1ccc(F)c2c1CCOCC2Br. The molecule has 1 aliphatic rings. The molecule has 4 heteroatoms. The minimum Gasteiger partial charge on any atom is -0.380 e. The third kappa shape index (κ3) is 1.68. The molecule has 0 aromatic heterocycles. The molecule has 0 N–H and O–H groups in total. The van der Waals surface area contributed by atoms with E-state index in [9.17, 15) is 8.78 Å². The Bertz CT molecular complexity index is 354. The van der Waals surface area contributed by atoms with Crippen molar-refractivity contribution in [1.82, 2.24) is 0 Å². The second-order valence-corrected chi connectivity index (χ2v) is 4.32. The van der Waals surface area contributed by atoms with Gasteiger partial charge in [-0.15, -0.1) is 0 Å². The van der Waals surface area contributed by atoms with E-state index in [0.29, 0.717) is 30.8 Å². The molecule has 76 valence electrons. The van der Waals surface area contributed by atoms with Crippen LogP contribution >= 0.6 is 15.9 Å². The Labute approximate surface area is 89.2 Å². The second kappa shape index (κ2) is 3.95. The van der Waals surface area contributed by atoms with Crippen molar-refractivity contribution in [1.29, 1.82) is 0 Å². The normalized spacial score (nSPS) is 21.5. The lowest BCUT2D eigenvalue weighted by Gasteiger charge is -2.11. The van der Waals surface area contributed by atoms with Crippen molar-refractivity contribution in [3.8, 4) is 0 Å². The average Bonchev–Trinajstić information content (AvgIpc) is 2.35. The molecule has 0 amide bonds. The Morgan fingerprint density at radius 3 is 2.79 bits per heavy atom. The highest BCUT2D eigenvalue weighted by Gasteiger charge is 2.22. The number of alkyl halides is 1. The lowest BCUT2D eigenvalue weighted by atomic mass is 10.0. The molecule has 0 bridgehead atoms. The van der Waals surface area contributed by atoms with Crippen LogP contribution in [0.25, 0.3) is 0 Å². The van der Waals surface area contributed by atoms with E-state index in [-0.39, 0.29) is 16.5 Å². The van der Waals surface area contributed by atoms with Gasteiger partial charge in [0.25, 0.3) is 0 Å². The first-order valence-electron chi connectivity index (χ1n) is 4.38. The van der Waals surface area contributed by atoms with Gasteiger partial charge in [0.1, 0.15) is 11.6 Å². The Kier molecular flexibility index (Phi) is 2.83. The first kappa shape index (κ1) is 10.1. The van der Waals surface area contributed by atoms with E-state index in [1.54, 1.807) is 0 Å². The van der Waals surface area contributed by atoms with Crippen LogP contribution in [0.2, 0.25) is 0 Å². The zero-order valence-corrected chi connectivity index (χ0v) is 8.98. The van der Waals surface area contributed by atoms with E-state index < -0.39 is 0 Å². The van der Waals surface area contributed by atoms with Gasteiger partial charge in [0.2, 0.25) is 0 Å². The topological polar surface area (TPSA) is 9.23 Å². The van der Waals surface area contributed by atoms with Crippen molar-refractivity contribution >= 4 is 15.9 Å². The van der Waals surface area contributed by atoms with Gasteiger partial charge in [-0.1, -0.05) is 15.9 Å². The van der Waals surface area contributed by atoms with E-state index in [1.165, 1.54) is 6.07 Å². The highest BCUT2D eigenvalue weighted by molar-refractivity contribution is 9.09. The fourth-order valence-corrected chi connectivity index (χ4v) is 2.33. The molecule has 0 saturated heterocycles. The Hall–Kier alpha value is -0.480. The molecule has 1 heterocycles. The predicted molar refractivity (Wildman–Crippen MR) is 52.5 cm³/mol. The third-order valence-electron chi connectivity index (χ3n) is 2.32. The Morgan fingerprint density at radius 2 is 2.00 bits per heavy atom. The van der Waals surface area contributed by atoms with Crippen molar-refractivity contribution in [3.05, 3.63) is 34.9 Å². The van der Waals surface area contributed by atoms with Gasteiger partial charge in [0, 0.05) is 5.56 Å². The average molecular weight is 263 g/mol. The minimum absolute atomic E-state index is 0.254. The minimum atomic E-state index is -0.367. The molecule has 1 nitrogen and oxygen atoms in total. The van der Waals surface area contributed by atoms with Gasteiger partial charge in [0.05, 0.1) is 18.0 Å². The van der Waals surface area contributed by atoms with Crippen LogP contribution in [0.4, 0.5) is 8.78 Å². The summed E-state index contributed by atoms with van der Waals surface area (Å²) in [5.74, 6) is -0.717. The molecular weight excluding hydrogens is 254 g/mol. The van der Waals surface area contributed by atoms with Crippen molar-refractivity contribution < 1.29 is 13.5 Å². The maximum Gasteiger partial charge on any atom is 0.128 e. The van der Waals surface area contributed by atoms with Gasteiger partial charge in [-0.05, 0) is 24.1 Å². The maximum atomic E-state index is 13.4. The monoisotopic (exact) mass is 262 g/mol. The van der Waals surface area contributed by atoms with Crippen LogP contribution in [-0.2, 0) is 11.2 Å². The zero-order chi connectivity index (χ0) is 10.1. The van der Waals surface area contributed by atoms with E-state index in [2.05, 4.69) is 15.9 Å². The van der Waals surface area contributed by atoms with Crippen LogP contribution in [0.15, 0.2) is 12.1 Å². The molecular formula is C10H9BrF2O.